The molecule has 2 aromatic rings. The van der Waals surface area contributed by atoms with Crippen LogP contribution in [0.1, 0.15) is 56.4 Å². The molecule has 0 radical (unpaired) electrons. The van der Waals surface area contributed by atoms with Crippen LogP contribution in [0.25, 0.3) is 0 Å². The van der Waals surface area contributed by atoms with Crippen molar-refractivity contribution in [1.29, 1.82) is 0 Å². The lowest BCUT2D eigenvalue weighted by atomic mass is 9.94. The van der Waals surface area contributed by atoms with Crippen molar-refractivity contribution in [1.82, 2.24) is 10.2 Å². The third kappa shape index (κ3) is 5.60. The van der Waals surface area contributed by atoms with Crippen LogP contribution in [0.15, 0.2) is 47.1 Å². The van der Waals surface area contributed by atoms with Crippen molar-refractivity contribution in [3.8, 4) is 0 Å². The Morgan fingerprint density at radius 2 is 1.96 bits per heavy atom. The molecular weight excluding hydrogens is 338 g/mol. The van der Waals surface area contributed by atoms with Crippen LogP contribution in [0.2, 0.25) is 0 Å². The smallest absolute Gasteiger partial charge is 0.239 e. The molecule has 146 valence electrons. The summed E-state index contributed by atoms with van der Waals surface area (Å²) in [5.41, 5.74) is 2.26. The molecule has 5 heteroatoms. The highest BCUT2D eigenvalue weighted by Gasteiger charge is 2.19. The van der Waals surface area contributed by atoms with E-state index in [0.29, 0.717) is 6.04 Å². The second kappa shape index (κ2) is 9.60. The Morgan fingerprint density at radius 1 is 1.19 bits per heavy atom. The Kier molecular flexibility index (Phi) is 6.93. The van der Waals surface area contributed by atoms with Crippen molar-refractivity contribution in [2.45, 2.75) is 57.7 Å². The van der Waals surface area contributed by atoms with Crippen molar-refractivity contribution in [3.05, 3.63) is 54.0 Å². The SMILES string of the molecule is CC(NC(=O)CNc1ccccc1CN(C)C1CCCCC1)c1ccco1. The summed E-state index contributed by atoms with van der Waals surface area (Å²) >= 11 is 0. The van der Waals surface area contributed by atoms with Crippen LogP contribution in [0, 0.1) is 0 Å². The van der Waals surface area contributed by atoms with E-state index >= 15 is 0 Å². The summed E-state index contributed by atoms with van der Waals surface area (Å²) in [4.78, 5) is 14.7. The summed E-state index contributed by atoms with van der Waals surface area (Å²) in [7, 11) is 2.21. The van der Waals surface area contributed by atoms with Gasteiger partial charge in [-0.05, 0) is 50.6 Å². The number of amides is 1. The maximum absolute atomic E-state index is 12.3. The molecular formula is C22H31N3O2. The predicted octanol–water partition coefficient (Wildman–Crippen LogP) is 4.33. The lowest BCUT2D eigenvalue weighted by Gasteiger charge is -2.31. The Labute approximate surface area is 162 Å². The Morgan fingerprint density at radius 3 is 2.70 bits per heavy atom. The molecule has 1 amide bonds. The fourth-order valence-corrected chi connectivity index (χ4v) is 3.83. The van der Waals surface area contributed by atoms with Crippen LogP contribution in [0.5, 0.6) is 0 Å². The number of carbonyl (C=O) groups is 1. The molecule has 0 saturated heterocycles. The minimum Gasteiger partial charge on any atom is -0.467 e. The van der Waals surface area contributed by atoms with E-state index in [1.807, 2.05) is 31.2 Å². The van der Waals surface area contributed by atoms with E-state index < -0.39 is 0 Å². The number of anilines is 1. The molecule has 2 N–H and O–H groups in total. The van der Waals surface area contributed by atoms with Crippen LogP contribution in [0.4, 0.5) is 5.69 Å². The van der Waals surface area contributed by atoms with Crippen LogP contribution in [-0.4, -0.2) is 30.4 Å². The van der Waals surface area contributed by atoms with E-state index in [0.717, 1.165) is 18.0 Å². The number of hydrogen-bond acceptors (Lipinski definition) is 4. The van der Waals surface area contributed by atoms with Crippen LogP contribution < -0.4 is 10.6 Å². The lowest BCUT2D eigenvalue weighted by molar-refractivity contribution is -0.120. The van der Waals surface area contributed by atoms with Crippen molar-refractivity contribution < 1.29 is 9.21 Å². The fourth-order valence-electron chi connectivity index (χ4n) is 3.83. The maximum Gasteiger partial charge on any atom is 0.239 e. The molecule has 1 unspecified atom stereocenters. The standard InChI is InChI=1S/C22H31N3O2/c1-17(21-13-8-14-27-21)24-22(26)15-23-20-12-7-6-9-18(20)16-25(2)19-10-4-3-5-11-19/h6-9,12-14,17,19,23H,3-5,10-11,15-16H2,1-2H3,(H,24,26). The summed E-state index contributed by atoms with van der Waals surface area (Å²) in [6, 6.07) is 12.5. The molecule has 1 aliphatic rings. The largest absolute Gasteiger partial charge is 0.467 e. The van der Waals surface area contributed by atoms with Crippen molar-refractivity contribution in [2.75, 3.05) is 18.9 Å². The topological polar surface area (TPSA) is 57.5 Å². The number of carbonyl (C=O) groups excluding carboxylic acids is 1. The van der Waals surface area contributed by atoms with E-state index in [1.54, 1.807) is 6.26 Å². The third-order valence-corrected chi connectivity index (χ3v) is 5.42. The van der Waals surface area contributed by atoms with Gasteiger partial charge in [0.2, 0.25) is 5.91 Å². The average molecular weight is 370 g/mol. The Bertz CT molecular complexity index is 708. The van der Waals surface area contributed by atoms with Gasteiger partial charge in [-0.2, -0.15) is 0 Å². The molecule has 1 fully saturated rings. The van der Waals surface area contributed by atoms with Crippen LogP contribution in [-0.2, 0) is 11.3 Å². The zero-order valence-electron chi connectivity index (χ0n) is 16.4. The Balaban J connectivity index is 1.53. The van der Waals surface area contributed by atoms with Crippen LogP contribution in [0.3, 0.4) is 0 Å². The molecule has 0 bridgehead atoms. The summed E-state index contributed by atoms with van der Waals surface area (Å²) in [5, 5.41) is 6.26. The van der Waals surface area contributed by atoms with E-state index in [4.69, 9.17) is 4.42 Å². The second-order valence-electron chi connectivity index (χ2n) is 7.52. The molecule has 1 aromatic heterocycles. The highest BCUT2D eigenvalue weighted by molar-refractivity contribution is 5.81. The number of rotatable bonds is 8. The number of para-hydroxylation sites is 1. The molecule has 1 heterocycles. The van der Waals surface area contributed by atoms with E-state index in [-0.39, 0.29) is 18.5 Å². The van der Waals surface area contributed by atoms with Gasteiger partial charge < -0.3 is 15.1 Å². The number of hydrogen-bond donors (Lipinski definition) is 2. The summed E-state index contributed by atoms with van der Waals surface area (Å²) < 4.78 is 5.34. The van der Waals surface area contributed by atoms with Gasteiger partial charge in [0.25, 0.3) is 0 Å². The average Bonchev–Trinajstić information content (AvgIpc) is 3.23. The first-order valence-electron chi connectivity index (χ1n) is 9.98. The molecule has 27 heavy (non-hydrogen) atoms. The van der Waals surface area contributed by atoms with E-state index in [1.165, 1.54) is 37.7 Å². The monoisotopic (exact) mass is 369 g/mol. The Hall–Kier alpha value is -2.27. The predicted molar refractivity (Wildman–Crippen MR) is 109 cm³/mol. The zero-order chi connectivity index (χ0) is 19.1. The maximum atomic E-state index is 12.3. The fraction of sp³-hybridized carbons (Fsp3) is 0.500. The van der Waals surface area contributed by atoms with Gasteiger partial charge >= 0.3 is 0 Å². The quantitative estimate of drug-likeness (QED) is 0.727. The third-order valence-electron chi connectivity index (χ3n) is 5.42. The highest BCUT2D eigenvalue weighted by atomic mass is 16.3. The highest BCUT2D eigenvalue weighted by Crippen LogP contribution is 2.24. The number of benzene rings is 1. The first-order chi connectivity index (χ1) is 13.1. The van der Waals surface area contributed by atoms with Crippen LogP contribution >= 0.6 is 0 Å². The normalized spacial score (nSPS) is 16.3. The van der Waals surface area contributed by atoms with Gasteiger partial charge in [0.05, 0.1) is 18.8 Å². The van der Waals surface area contributed by atoms with Gasteiger partial charge in [-0.25, -0.2) is 0 Å². The first-order valence-corrected chi connectivity index (χ1v) is 9.98. The van der Waals surface area contributed by atoms with Gasteiger partial charge in [0.1, 0.15) is 5.76 Å². The summed E-state index contributed by atoms with van der Waals surface area (Å²) in [5.74, 6) is 0.715. The molecule has 1 aromatic carbocycles. The number of furan rings is 1. The van der Waals surface area contributed by atoms with Gasteiger partial charge in [-0.3, -0.25) is 9.69 Å². The molecule has 1 aliphatic carbocycles. The van der Waals surface area contributed by atoms with Gasteiger partial charge in [0, 0.05) is 18.3 Å². The molecule has 1 atom stereocenters. The molecule has 3 rings (SSSR count). The van der Waals surface area contributed by atoms with Crippen molar-refractivity contribution >= 4 is 11.6 Å². The number of nitrogens with zero attached hydrogens (tertiary/aromatic N) is 1. The summed E-state index contributed by atoms with van der Waals surface area (Å²) in [6.45, 7) is 3.07. The summed E-state index contributed by atoms with van der Waals surface area (Å²) in [6.07, 6.45) is 8.24. The van der Waals surface area contributed by atoms with Crippen molar-refractivity contribution in [3.63, 3.8) is 0 Å². The molecule has 5 nitrogen and oxygen atoms in total. The van der Waals surface area contributed by atoms with Gasteiger partial charge in [-0.15, -0.1) is 0 Å². The molecule has 1 saturated carbocycles. The first kappa shape index (κ1) is 19.5. The van der Waals surface area contributed by atoms with Crippen molar-refractivity contribution in [2.24, 2.45) is 0 Å². The second-order valence-corrected chi connectivity index (χ2v) is 7.52. The van der Waals surface area contributed by atoms with Gasteiger partial charge in [-0.1, -0.05) is 37.5 Å². The van der Waals surface area contributed by atoms with Gasteiger partial charge in [0.15, 0.2) is 0 Å². The lowest BCUT2D eigenvalue weighted by Crippen LogP contribution is -2.34. The molecule has 0 spiro atoms. The van der Waals surface area contributed by atoms with E-state index in [2.05, 4.69) is 34.7 Å². The molecule has 0 aliphatic heterocycles. The minimum atomic E-state index is -0.137. The number of nitrogens with one attached hydrogen (secondary N) is 2. The zero-order valence-corrected chi connectivity index (χ0v) is 16.4. The minimum absolute atomic E-state index is 0.0469. The van der Waals surface area contributed by atoms with E-state index in [9.17, 15) is 4.79 Å².